The molecule has 0 fully saturated rings. The molecule has 0 atom stereocenters. The predicted molar refractivity (Wildman–Crippen MR) is 69.5 cm³/mol. The Hall–Kier alpha value is -2.13. The van der Waals surface area contributed by atoms with E-state index in [0.29, 0.717) is 12.2 Å². The molecule has 18 heavy (non-hydrogen) atoms. The van der Waals surface area contributed by atoms with Gasteiger partial charge in [0.15, 0.2) is 0 Å². The van der Waals surface area contributed by atoms with Crippen LogP contribution in [-0.4, -0.2) is 24.6 Å². The molecule has 0 spiro atoms. The Kier molecular flexibility index (Phi) is 5.61. The third-order valence-corrected chi connectivity index (χ3v) is 2.43. The molecule has 0 saturated carbocycles. The van der Waals surface area contributed by atoms with E-state index in [2.05, 4.69) is 10.6 Å². The van der Waals surface area contributed by atoms with Crippen molar-refractivity contribution >= 4 is 11.4 Å². The first-order chi connectivity index (χ1) is 8.70. The van der Waals surface area contributed by atoms with E-state index in [4.69, 9.17) is 5.26 Å². The first kappa shape index (κ1) is 13.9. The summed E-state index contributed by atoms with van der Waals surface area (Å²) in [6.45, 7) is 4.41. The van der Waals surface area contributed by atoms with Gasteiger partial charge < -0.3 is 10.6 Å². The molecule has 96 valence electrons. The molecule has 0 unspecified atom stereocenters. The van der Waals surface area contributed by atoms with Crippen LogP contribution in [0.15, 0.2) is 18.2 Å². The summed E-state index contributed by atoms with van der Waals surface area (Å²) in [5.74, 6) is 0. The lowest BCUT2D eigenvalue weighted by molar-refractivity contribution is -0.384. The molecule has 0 radical (unpaired) electrons. The average molecular weight is 248 g/mol. The van der Waals surface area contributed by atoms with Gasteiger partial charge in [-0.05, 0) is 31.6 Å². The lowest BCUT2D eigenvalue weighted by Gasteiger charge is -2.07. The van der Waals surface area contributed by atoms with Gasteiger partial charge in [-0.1, -0.05) is 13.0 Å². The second kappa shape index (κ2) is 7.25. The zero-order valence-electron chi connectivity index (χ0n) is 10.3. The molecular weight excluding hydrogens is 232 g/mol. The lowest BCUT2D eigenvalue weighted by atomic mass is 10.1. The SMILES string of the molecule is CCNCCCNc1cccc(C#N)c1[N+](=O)[O-]. The number of hydrogen-bond donors (Lipinski definition) is 2. The first-order valence-electron chi connectivity index (χ1n) is 5.82. The fourth-order valence-corrected chi connectivity index (χ4v) is 1.59. The third kappa shape index (κ3) is 3.71. The molecule has 1 aromatic rings. The molecule has 0 amide bonds. The standard InChI is InChI=1S/C12H16N4O2/c1-2-14-7-4-8-15-11-6-3-5-10(9-13)12(11)16(17)18/h3,5-6,14-15H,2,4,7-8H2,1H3. The van der Waals surface area contributed by atoms with Gasteiger partial charge in [-0.2, -0.15) is 5.26 Å². The smallest absolute Gasteiger partial charge is 0.309 e. The Bertz CT molecular complexity index is 454. The highest BCUT2D eigenvalue weighted by Crippen LogP contribution is 2.27. The normalized spacial score (nSPS) is 9.78. The summed E-state index contributed by atoms with van der Waals surface area (Å²) >= 11 is 0. The Morgan fingerprint density at radius 1 is 1.44 bits per heavy atom. The summed E-state index contributed by atoms with van der Waals surface area (Å²) in [7, 11) is 0. The number of nitrogens with zero attached hydrogens (tertiary/aromatic N) is 2. The third-order valence-electron chi connectivity index (χ3n) is 2.43. The van der Waals surface area contributed by atoms with Crippen molar-refractivity contribution in [1.82, 2.24) is 5.32 Å². The van der Waals surface area contributed by atoms with Crippen molar-refractivity contribution in [2.45, 2.75) is 13.3 Å². The van der Waals surface area contributed by atoms with Crippen LogP contribution in [0, 0.1) is 21.4 Å². The number of nitro benzene ring substituents is 1. The van der Waals surface area contributed by atoms with Crippen LogP contribution in [0.1, 0.15) is 18.9 Å². The molecule has 0 aliphatic rings. The number of nitriles is 1. The van der Waals surface area contributed by atoms with Crippen LogP contribution >= 0.6 is 0 Å². The fourth-order valence-electron chi connectivity index (χ4n) is 1.59. The van der Waals surface area contributed by atoms with Gasteiger partial charge >= 0.3 is 5.69 Å². The molecule has 0 saturated heterocycles. The minimum absolute atomic E-state index is 0.0803. The van der Waals surface area contributed by atoms with Crippen molar-refractivity contribution in [3.63, 3.8) is 0 Å². The van der Waals surface area contributed by atoms with Gasteiger partial charge in [-0.25, -0.2) is 0 Å². The summed E-state index contributed by atoms with van der Waals surface area (Å²) in [5.41, 5.74) is 0.329. The van der Waals surface area contributed by atoms with Gasteiger partial charge in [0.25, 0.3) is 0 Å². The molecule has 1 rings (SSSR count). The van der Waals surface area contributed by atoms with Crippen molar-refractivity contribution in [2.24, 2.45) is 0 Å². The van der Waals surface area contributed by atoms with E-state index in [1.807, 2.05) is 13.0 Å². The number of anilines is 1. The number of benzene rings is 1. The number of nitro groups is 1. The molecule has 0 bridgehead atoms. The summed E-state index contributed by atoms with van der Waals surface area (Å²) in [5, 5.41) is 25.9. The zero-order valence-corrected chi connectivity index (χ0v) is 10.3. The predicted octanol–water partition coefficient (Wildman–Crippen LogP) is 1.88. The van der Waals surface area contributed by atoms with Gasteiger partial charge in [0.05, 0.1) is 4.92 Å². The second-order valence-electron chi connectivity index (χ2n) is 3.70. The minimum Gasteiger partial charge on any atom is -0.379 e. The van der Waals surface area contributed by atoms with Crippen molar-refractivity contribution in [3.05, 3.63) is 33.9 Å². The molecule has 6 nitrogen and oxygen atoms in total. The van der Waals surface area contributed by atoms with Crippen molar-refractivity contribution in [3.8, 4) is 6.07 Å². The van der Waals surface area contributed by atoms with E-state index < -0.39 is 4.92 Å². The van der Waals surface area contributed by atoms with Crippen molar-refractivity contribution in [1.29, 1.82) is 5.26 Å². The molecule has 2 N–H and O–H groups in total. The quantitative estimate of drug-likeness (QED) is 0.436. The Balaban J connectivity index is 2.71. The minimum atomic E-state index is -0.523. The molecule has 0 aliphatic carbocycles. The van der Waals surface area contributed by atoms with Gasteiger partial charge in [0.1, 0.15) is 17.3 Å². The van der Waals surface area contributed by atoms with Gasteiger partial charge in [0, 0.05) is 6.54 Å². The molecule has 1 aromatic carbocycles. The van der Waals surface area contributed by atoms with Crippen LogP contribution in [-0.2, 0) is 0 Å². The Morgan fingerprint density at radius 3 is 2.83 bits per heavy atom. The fraction of sp³-hybridized carbons (Fsp3) is 0.417. The summed E-state index contributed by atoms with van der Waals surface area (Å²) in [6, 6.07) is 6.53. The Morgan fingerprint density at radius 2 is 2.22 bits per heavy atom. The van der Waals surface area contributed by atoms with E-state index >= 15 is 0 Å². The van der Waals surface area contributed by atoms with Crippen LogP contribution in [0.2, 0.25) is 0 Å². The zero-order chi connectivity index (χ0) is 13.4. The number of nitrogens with one attached hydrogen (secondary N) is 2. The van der Waals surface area contributed by atoms with Crippen LogP contribution in [0.25, 0.3) is 0 Å². The lowest BCUT2D eigenvalue weighted by Crippen LogP contribution is -2.17. The maximum absolute atomic E-state index is 10.9. The van der Waals surface area contributed by atoms with Gasteiger partial charge in [-0.15, -0.1) is 0 Å². The maximum Gasteiger partial charge on any atom is 0.309 e. The molecule has 0 aliphatic heterocycles. The highest BCUT2D eigenvalue weighted by molar-refractivity contribution is 5.68. The van der Waals surface area contributed by atoms with Crippen LogP contribution in [0.5, 0.6) is 0 Å². The highest BCUT2D eigenvalue weighted by Gasteiger charge is 2.18. The van der Waals surface area contributed by atoms with Crippen molar-refractivity contribution < 1.29 is 4.92 Å². The molecule has 0 aromatic heterocycles. The van der Waals surface area contributed by atoms with E-state index in [1.54, 1.807) is 12.1 Å². The van der Waals surface area contributed by atoms with Crippen LogP contribution in [0.3, 0.4) is 0 Å². The highest BCUT2D eigenvalue weighted by atomic mass is 16.6. The van der Waals surface area contributed by atoms with E-state index in [1.165, 1.54) is 6.07 Å². The van der Waals surface area contributed by atoms with E-state index in [0.717, 1.165) is 19.5 Å². The second-order valence-corrected chi connectivity index (χ2v) is 3.70. The van der Waals surface area contributed by atoms with Crippen LogP contribution in [0.4, 0.5) is 11.4 Å². The number of rotatable bonds is 7. The summed E-state index contributed by atoms with van der Waals surface area (Å²) in [6.07, 6.45) is 0.863. The summed E-state index contributed by atoms with van der Waals surface area (Å²) in [4.78, 5) is 10.4. The summed E-state index contributed by atoms with van der Waals surface area (Å²) < 4.78 is 0. The molecule has 6 heteroatoms. The maximum atomic E-state index is 10.9. The van der Waals surface area contributed by atoms with Gasteiger partial charge in [-0.3, -0.25) is 10.1 Å². The van der Waals surface area contributed by atoms with E-state index in [9.17, 15) is 10.1 Å². The van der Waals surface area contributed by atoms with Crippen molar-refractivity contribution in [2.75, 3.05) is 25.0 Å². The van der Waals surface area contributed by atoms with E-state index in [-0.39, 0.29) is 11.3 Å². The topological polar surface area (TPSA) is 91.0 Å². The monoisotopic (exact) mass is 248 g/mol. The Labute approximate surface area is 106 Å². The largest absolute Gasteiger partial charge is 0.379 e. The number of para-hydroxylation sites is 1. The first-order valence-corrected chi connectivity index (χ1v) is 5.82. The average Bonchev–Trinajstić information content (AvgIpc) is 2.37. The number of hydrogen-bond acceptors (Lipinski definition) is 5. The molecule has 0 heterocycles. The van der Waals surface area contributed by atoms with Crippen LogP contribution < -0.4 is 10.6 Å². The molecular formula is C12H16N4O2. The van der Waals surface area contributed by atoms with Gasteiger partial charge in [0.2, 0.25) is 0 Å².